The molecule has 1 aliphatic rings. The minimum atomic E-state index is -0.445. The minimum Gasteiger partial charge on any atom is -0.466 e. The maximum Gasteiger partial charge on any atom is 0.273 e. The quantitative estimate of drug-likeness (QED) is 0.497. The summed E-state index contributed by atoms with van der Waals surface area (Å²) in [4.78, 5) is 24.3. The number of hydrogen-bond donors (Lipinski definition) is 2. The van der Waals surface area contributed by atoms with E-state index in [4.69, 9.17) is 13.9 Å². The van der Waals surface area contributed by atoms with Gasteiger partial charge >= 0.3 is 0 Å². The Labute approximate surface area is 179 Å². The summed E-state index contributed by atoms with van der Waals surface area (Å²) in [7, 11) is 0. The first-order valence-electron chi connectivity index (χ1n) is 9.78. The molecule has 0 unspecified atom stereocenters. The van der Waals surface area contributed by atoms with E-state index >= 15 is 0 Å². The number of fused-ring (bicyclic) bond motifs is 1. The van der Waals surface area contributed by atoms with E-state index in [1.807, 2.05) is 38.1 Å². The first-order valence-corrected chi connectivity index (χ1v) is 9.78. The molecule has 160 valence electrons. The normalized spacial score (nSPS) is 12.4. The van der Waals surface area contributed by atoms with E-state index in [2.05, 4.69) is 15.4 Å². The van der Waals surface area contributed by atoms with Crippen molar-refractivity contribution < 1.29 is 23.5 Å². The Hall–Kier alpha value is -3.94. The molecular formula is C23H23N3O5. The average molecular weight is 421 g/mol. The van der Waals surface area contributed by atoms with Crippen LogP contribution in [-0.2, 0) is 4.79 Å². The summed E-state index contributed by atoms with van der Waals surface area (Å²) in [5, 5.41) is 0. The summed E-state index contributed by atoms with van der Waals surface area (Å²) in [5.74, 6) is 1.68. The third-order valence-corrected chi connectivity index (χ3v) is 5.08. The highest BCUT2D eigenvalue weighted by Gasteiger charge is 2.17. The van der Waals surface area contributed by atoms with Crippen LogP contribution in [0.4, 0.5) is 0 Å². The van der Waals surface area contributed by atoms with E-state index in [-0.39, 0.29) is 6.79 Å². The molecule has 0 saturated carbocycles. The van der Waals surface area contributed by atoms with Gasteiger partial charge in [0.05, 0.1) is 5.56 Å². The molecular weight excluding hydrogens is 398 g/mol. The van der Waals surface area contributed by atoms with Gasteiger partial charge in [-0.15, -0.1) is 0 Å². The van der Waals surface area contributed by atoms with E-state index in [1.165, 1.54) is 6.08 Å². The topological polar surface area (TPSA) is 94.7 Å². The molecule has 4 rings (SSSR count). The van der Waals surface area contributed by atoms with Gasteiger partial charge in [-0.1, -0.05) is 0 Å². The molecule has 2 amide bonds. The monoisotopic (exact) mass is 421 g/mol. The lowest BCUT2D eigenvalue weighted by Gasteiger charge is -2.10. The standard InChI is InChI=1S/C23H23N3O5/c1-13-9-17(15(3)26(13)18-6-7-20-21(11-18)30-12-29-20)5-8-22(27)24-25-23(28)19-10-14(2)31-16(19)4/h5-11H,12H2,1-4H3,(H,24,27)(H,25,28)/b8-5+. The minimum absolute atomic E-state index is 0.224. The van der Waals surface area contributed by atoms with Gasteiger partial charge in [0.15, 0.2) is 11.5 Å². The van der Waals surface area contributed by atoms with Crippen molar-refractivity contribution in [3.8, 4) is 17.2 Å². The molecule has 2 aromatic heterocycles. The van der Waals surface area contributed by atoms with Crippen molar-refractivity contribution in [1.82, 2.24) is 15.4 Å². The number of hydrogen-bond acceptors (Lipinski definition) is 5. The van der Waals surface area contributed by atoms with Gasteiger partial charge in [0.2, 0.25) is 6.79 Å². The SMILES string of the molecule is Cc1cc(C(=O)NNC(=O)/C=C/c2cc(C)n(-c3ccc4c(c3)OCO4)c2C)c(C)o1. The average Bonchev–Trinajstić information content (AvgIpc) is 3.41. The van der Waals surface area contributed by atoms with Gasteiger partial charge in [-0.25, -0.2) is 0 Å². The number of aryl methyl sites for hydroxylation is 3. The number of nitrogens with zero attached hydrogens (tertiary/aromatic N) is 1. The van der Waals surface area contributed by atoms with Crippen molar-refractivity contribution in [2.75, 3.05) is 6.79 Å². The Balaban J connectivity index is 1.44. The van der Waals surface area contributed by atoms with Gasteiger partial charge in [-0.2, -0.15) is 0 Å². The zero-order valence-corrected chi connectivity index (χ0v) is 17.7. The van der Waals surface area contributed by atoms with Gasteiger partial charge in [0, 0.05) is 29.2 Å². The lowest BCUT2D eigenvalue weighted by molar-refractivity contribution is -0.117. The maximum atomic E-state index is 12.2. The molecule has 8 nitrogen and oxygen atoms in total. The molecule has 8 heteroatoms. The van der Waals surface area contributed by atoms with Crippen molar-refractivity contribution >= 4 is 17.9 Å². The maximum absolute atomic E-state index is 12.2. The number of ether oxygens (including phenoxy) is 2. The van der Waals surface area contributed by atoms with Crippen LogP contribution in [0.1, 0.15) is 38.8 Å². The molecule has 0 atom stereocenters. The fraction of sp³-hybridized carbons (Fsp3) is 0.217. The number of carbonyl (C=O) groups excluding carboxylic acids is 2. The first kappa shape index (κ1) is 20.3. The van der Waals surface area contributed by atoms with Crippen LogP contribution in [0.15, 0.2) is 40.8 Å². The van der Waals surface area contributed by atoms with Gasteiger partial charge in [-0.3, -0.25) is 20.4 Å². The summed E-state index contributed by atoms with van der Waals surface area (Å²) in [6.45, 7) is 7.64. The number of carbonyl (C=O) groups is 2. The number of aromatic nitrogens is 1. The molecule has 3 heterocycles. The Morgan fingerprint density at radius 1 is 1.00 bits per heavy atom. The van der Waals surface area contributed by atoms with Crippen LogP contribution in [0.25, 0.3) is 11.8 Å². The second-order valence-electron chi connectivity index (χ2n) is 7.30. The summed E-state index contributed by atoms with van der Waals surface area (Å²) >= 11 is 0. The highest BCUT2D eigenvalue weighted by molar-refractivity contribution is 5.98. The Morgan fingerprint density at radius 3 is 2.52 bits per heavy atom. The predicted molar refractivity (Wildman–Crippen MR) is 114 cm³/mol. The lowest BCUT2D eigenvalue weighted by Crippen LogP contribution is -2.40. The van der Waals surface area contributed by atoms with Crippen molar-refractivity contribution in [3.05, 3.63) is 70.4 Å². The number of rotatable bonds is 4. The Bertz CT molecular complexity index is 1200. The fourth-order valence-corrected chi connectivity index (χ4v) is 3.63. The number of nitrogens with one attached hydrogen (secondary N) is 2. The Morgan fingerprint density at radius 2 is 1.77 bits per heavy atom. The van der Waals surface area contributed by atoms with E-state index in [0.29, 0.717) is 22.8 Å². The first-order chi connectivity index (χ1) is 14.8. The van der Waals surface area contributed by atoms with Gasteiger partial charge in [0.1, 0.15) is 11.5 Å². The molecule has 1 aliphatic heterocycles. The van der Waals surface area contributed by atoms with Crippen LogP contribution in [-0.4, -0.2) is 23.2 Å². The zero-order chi connectivity index (χ0) is 22.1. The molecule has 0 saturated heterocycles. The summed E-state index contributed by atoms with van der Waals surface area (Å²) in [6, 6.07) is 9.38. The number of furan rings is 1. The molecule has 0 aliphatic carbocycles. The number of benzene rings is 1. The van der Waals surface area contributed by atoms with Crippen molar-refractivity contribution in [1.29, 1.82) is 0 Å². The second-order valence-corrected chi connectivity index (χ2v) is 7.30. The third-order valence-electron chi connectivity index (χ3n) is 5.08. The molecule has 1 aromatic carbocycles. The Kier molecular flexibility index (Phi) is 5.29. The number of amides is 2. The lowest BCUT2D eigenvalue weighted by atomic mass is 10.2. The van der Waals surface area contributed by atoms with Crippen molar-refractivity contribution in [3.63, 3.8) is 0 Å². The smallest absolute Gasteiger partial charge is 0.273 e. The van der Waals surface area contributed by atoms with Crippen molar-refractivity contribution in [2.45, 2.75) is 27.7 Å². The highest BCUT2D eigenvalue weighted by Crippen LogP contribution is 2.35. The summed E-state index contributed by atoms with van der Waals surface area (Å²) in [6.07, 6.45) is 3.08. The molecule has 0 spiro atoms. The van der Waals surface area contributed by atoms with Crippen LogP contribution in [0.5, 0.6) is 11.5 Å². The predicted octanol–water partition coefficient (Wildman–Crippen LogP) is 3.51. The van der Waals surface area contributed by atoms with Gasteiger partial charge < -0.3 is 18.5 Å². The van der Waals surface area contributed by atoms with E-state index in [9.17, 15) is 9.59 Å². The van der Waals surface area contributed by atoms with E-state index in [0.717, 1.165) is 28.4 Å². The third kappa shape index (κ3) is 4.05. The second kappa shape index (κ2) is 8.06. The fourth-order valence-electron chi connectivity index (χ4n) is 3.63. The van der Waals surface area contributed by atoms with Crippen LogP contribution in [0.3, 0.4) is 0 Å². The van der Waals surface area contributed by atoms with E-state index < -0.39 is 11.8 Å². The number of hydrazine groups is 1. The molecule has 0 fully saturated rings. The van der Waals surface area contributed by atoms with Crippen LogP contribution >= 0.6 is 0 Å². The summed E-state index contributed by atoms with van der Waals surface area (Å²) < 4.78 is 18.2. The molecule has 0 radical (unpaired) electrons. The molecule has 31 heavy (non-hydrogen) atoms. The molecule has 0 bridgehead atoms. The van der Waals surface area contributed by atoms with Crippen LogP contribution in [0.2, 0.25) is 0 Å². The van der Waals surface area contributed by atoms with Gasteiger partial charge in [0.25, 0.3) is 11.8 Å². The van der Waals surface area contributed by atoms with Crippen LogP contribution < -0.4 is 20.3 Å². The summed E-state index contributed by atoms with van der Waals surface area (Å²) in [5.41, 5.74) is 8.97. The zero-order valence-electron chi connectivity index (χ0n) is 17.7. The van der Waals surface area contributed by atoms with Crippen LogP contribution in [0, 0.1) is 27.7 Å². The van der Waals surface area contributed by atoms with E-state index in [1.54, 1.807) is 26.0 Å². The van der Waals surface area contributed by atoms with Gasteiger partial charge in [-0.05, 0) is 63.6 Å². The molecule has 2 N–H and O–H groups in total. The highest BCUT2D eigenvalue weighted by atomic mass is 16.7. The van der Waals surface area contributed by atoms with Crippen molar-refractivity contribution in [2.24, 2.45) is 0 Å². The molecule has 3 aromatic rings. The largest absolute Gasteiger partial charge is 0.466 e.